The van der Waals surface area contributed by atoms with E-state index in [4.69, 9.17) is 4.74 Å². The van der Waals surface area contributed by atoms with Gasteiger partial charge in [-0.05, 0) is 46.2 Å². The molecule has 0 amide bonds. The van der Waals surface area contributed by atoms with Gasteiger partial charge in [0.05, 0.1) is 0 Å². The van der Waals surface area contributed by atoms with Crippen molar-refractivity contribution < 1.29 is 45.9 Å². The molecule has 0 unspecified atom stereocenters. The van der Waals surface area contributed by atoms with Crippen LogP contribution in [0.15, 0.2) is 128 Å². The van der Waals surface area contributed by atoms with Crippen LogP contribution in [0.1, 0.15) is 37.5 Å². The van der Waals surface area contributed by atoms with E-state index >= 15 is 0 Å². The second-order valence-corrected chi connectivity index (χ2v) is 13.2. The Morgan fingerprint density at radius 2 is 1.25 bits per heavy atom. The van der Waals surface area contributed by atoms with Gasteiger partial charge in [0.2, 0.25) is 0 Å². The van der Waals surface area contributed by atoms with Crippen LogP contribution in [0.2, 0.25) is 0 Å². The van der Waals surface area contributed by atoms with E-state index in [-0.39, 0.29) is 41.2 Å². The van der Waals surface area contributed by atoms with Crippen molar-refractivity contribution in [3.63, 3.8) is 0 Å². The van der Waals surface area contributed by atoms with Crippen molar-refractivity contribution in [1.29, 1.82) is 0 Å². The summed E-state index contributed by atoms with van der Waals surface area (Å²) in [6, 6.07) is 46.8. The smallest absolute Gasteiger partial charge is 0.497 e. The quantitative estimate of drug-likeness (QED) is 0.149. The van der Waals surface area contributed by atoms with Gasteiger partial charge in [-0.25, -0.2) is 0 Å². The van der Waals surface area contributed by atoms with E-state index in [1.807, 2.05) is 92.0 Å². The zero-order chi connectivity index (χ0) is 34.9. The Bertz CT molecular complexity index is 2150. The molecule has 5 nitrogen and oxygen atoms in total. The van der Waals surface area contributed by atoms with E-state index in [9.17, 15) is 0 Å². The Hall–Kier alpha value is -4.60. The Balaban J connectivity index is 0.000000271. The number of ether oxygens (including phenoxy) is 1. The van der Waals surface area contributed by atoms with E-state index in [2.05, 4.69) is 96.2 Å². The zero-order valence-corrected chi connectivity index (χ0v) is 34.3. The van der Waals surface area contributed by atoms with E-state index in [1.165, 1.54) is 5.56 Å². The Labute approximate surface area is 335 Å². The number of nitrogens with zero attached hydrogens (tertiary/aromatic N) is 4. The van der Waals surface area contributed by atoms with Gasteiger partial charge >= 0.3 is 21.1 Å². The SMILES string of the molecule is CC(C)(C)Cc1ccc(-c2[c-]cccc2)nc1.Cc1[c-]c(-c2nccnc2-c2[c-]c(Oc3[c-]c(-c4ccccn4)ccc3)ccc2)cc(C)c1.[Ir].[Pt+2]. The summed E-state index contributed by atoms with van der Waals surface area (Å²) in [6.07, 6.45) is 8.18. The van der Waals surface area contributed by atoms with Gasteiger partial charge in [-0.1, -0.05) is 71.0 Å². The maximum atomic E-state index is 6.09. The van der Waals surface area contributed by atoms with E-state index in [0.29, 0.717) is 16.9 Å². The summed E-state index contributed by atoms with van der Waals surface area (Å²) in [5.74, 6) is 1.16. The molecule has 0 N–H and O–H groups in total. The number of hydrogen-bond acceptors (Lipinski definition) is 5. The molecule has 3 aromatic heterocycles. The third kappa shape index (κ3) is 11.2. The van der Waals surface area contributed by atoms with Crippen LogP contribution in [-0.4, -0.2) is 19.9 Å². The first-order valence-corrected chi connectivity index (χ1v) is 16.6. The Morgan fingerprint density at radius 3 is 1.87 bits per heavy atom. The number of pyridine rings is 2. The predicted octanol–water partition coefficient (Wildman–Crippen LogP) is 10.8. The third-order valence-electron chi connectivity index (χ3n) is 7.60. The predicted molar refractivity (Wildman–Crippen MR) is 200 cm³/mol. The van der Waals surface area contributed by atoms with Gasteiger partial charge in [-0.3, -0.25) is 0 Å². The summed E-state index contributed by atoms with van der Waals surface area (Å²) in [7, 11) is 0. The van der Waals surface area contributed by atoms with Gasteiger partial charge in [0.1, 0.15) is 0 Å². The molecule has 7 rings (SSSR count). The number of hydrogen-bond donors (Lipinski definition) is 0. The van der Waals surface area contributed by atoms with Gasteiger partial charge in [-0.15, -0.1) is 118 Å². The third-order valence-corrected chi connectivity index (χ3v) is 7.60. The van der Waals surface area contributed by atoms with Crippen LogP contribution in [0.25, 0.3) is 45.0 Å². The molecule has 0 atom stereocenters. The molecule has 0 spiro atoms. The number of rotatable bonds is 7. The maximum absolute atomic E-state index is 6.09. The van der Waals surface area contributed by atoms with Crippen molar-refractivity contribution in [2.45, 2.75) is 41.0 Å². The van der Waals surface area contributed by atoms with E-state index in [0.717, 1.165) is 62.6 Å². The molecular weight excluding hydrogens is 1000 g/mol. The molecule has 0 aliphatic heterocycles. The van der Waals surface area contributed by atoms with Crippen molar-refractivity contribution in [3.05, 3.63) is 169 Å². The van der Waals surface area contributed by atoms with Crippen LogP contribution < -0.4 is 4.74 Å². The second-order valence-electron chi connectivity index (χ2n) is 13.2. The molecule has 7 heteroatoms. The van der Waals surface area contributed by atoms with Crippen LogP contribution in [0, 0.1) is 43.5 Å². The van der Waals surface area contributed by atoms with E-state index < -0.39 is 0 Å². The van der Waals surface area contributed by atoms with Gasteiger partial charge in [-0.2, -0.15) is 0 Å². The van der Waals surface area contributed by atoms with Crippen molar-refractivity contribution in [1.82, 2.24) is 19.9 Å². The van der Waals surface area contributed by atoms with Crippen molar-refractivity contribution >= 4 is 0 Å². The topological polar surface area (TPSA) is 60.8 Å². The fourth-order valence-corrected chi connectivity index (χ4v) is 5.55. The van der Waals surface area contributed by atoms with Crippen LogP contribution in [0.4, 0.5) is 0 Å². The first-order valence-electron chi connectivity index (χ1n) is 16.6. The molecule has 7 aromatic rings. The average Bonchev–Trinajstić information content (AvgIpc) is 3.12. The molecule has 265 valence electrons. The number of benzene rings is 4. The standard InChI is InChI=1S/C29H20N3O.C16H18N.Ir.Pt/c1-20-15-21(2)17-24(16-20)29-28(31-13-14-32-29)23-8-6-10-26(19-23)33-25-9-5-7-22(18-25)27-11-3-4-12-30-27;1-16(2,3)11-13-9-10-15(17-12-13)14-7-5-4-6-8-14;;/h3-16H,1-2H3;4-7,9-10,12H,11H2,1-3H3;;/q-3;-1;;+2. The molecule has 0 saturated carbocycles. The molecule has 3 heterocycles. The van der Waals surface area contributed by atoms with Crippen LogP contribution in [0.5, 0.6) is 11.5 Å². The minimum absolute atomic E-state index is 0. The largest absolute Gasteiger partial charge is 2.00 e. The molecule has 0 bridgehead atoms. The van der Waals surface area contributed by atoms with Gasteiger partial charge in [0.15, 0.2) is 0 Å². The molecule has 0 fully saturated rings. The molecular formula is C45H38IrN4OPt-2. The monoisotopic (exact) mass is 1040 g/mol. The summed E-state index contributed by atoms with van der Waals surface area (Å²) in [6.45, 7) is 10.8. The Kier molecular flexibility index (Phi) is 14.5. The molecule has 0 saturated heterocycles. The van der Waals surface area contributed by atoms with Crippen LogP contribution >= 0.6 is 0 Å². The molecule has 1 radical (unpaired) electrons. The fourth-order valence-electron chi connectivity index (χ4n) is 5.55. The normalized spacial score (nSPS) is 10.6. The number of aryl methyl sites for hydroxylation is 2. The first-order chi connectivity index (χ1) is 24.2. The molecule has 4 aromatic carbocycles. The summed E-state index contributed by atoms with van der Waals surface area (Å²) in [5.41, 5.74) is 10.8. The average molecular weight is 1040 g/mol. The van der Waals surface area contributed by atoms with Crippen LogP contribution in [-0.2, 0) is 47.6 Å². The maximum Gasteiger partial charge on any atom is 2.00 e. The van der Waals surface area contributed by atoms with Crippen molar-refractivity contribution in [3.8, 4) is 56.5 Å². The van der Waals surface area contributed by atoms with Crippen LogP contribution in [0.3, 0.4) is 0 Å². The first kappa shape index (κ1) is 40.2. The Morgan fingerprint density at radius 1 is 0.596 bits per heavy atom. The summed E-state index contributed by atoms with van der Waals surface area (Å²) in [5, 5.41) is 0. The summed E-state index contributed by atoms with van der Waals surface area (Å²) >= 11 is 0. The van der Waals surface area contributed by atoms with Crippen molar-refractivity contribution in [2.24, 2.45) is 5.41 Å². The minimum Gasteiger partial charge on any atom is -0.497 e. The van der Waals surface area contributed by atoms with Gasteiger partial charge in [0.25, 0.3) is 0 Å². The number of aromatic nitrogens is 4. The van der Waals surface area contributed by atoms with Gasteiger partial charge < -0.3 is 24.7 Å². The van der Waals surface area contributed by atoms with E-state index in [1.54, 1.807) is 18.6 Å². The molecule has 0 aliphatic carbocycles. The summed E-state index contributed by atoms with van der Waals surface area (Å²) in [4.78, 5) is 18.1. The molecule has 52 heavy (non-hydrogen) atoms. The van der Waals surface area contributed by atoms with Crippen molar-refractivity contribution in [2.75, 3.05) is 0 Å². The van der Waals surface area contributed by atoms with Gasteiger partial charge in [0, 0.05) is 56.4 Å². The summed E-state index contributed by atoms with van der Waals surface area (Å²) < 4.78 is 6.09. The minimum atomic E-state index is 0. The fraction of sp³-hybridized carbons (Fsp3) is 0.156. The molecule has 0 aliphatic rings. The zero-order valence-electron chi connectivity index (χ0n) is 29.7. The second kappa shape index (κ2) is 18.8.